The molecule has 0 aliphatic rings. The SMILES string of the molecule is C=C(C)C(=O)OCC(Cl)OC(=S)c1ccccc1. The van der Waals surface area contributed by atoms with Crippen LogP contribution in [0, 0.1) is 0 Å². The molecule has 1 unspecified atom stereocenters. The van der Waals surface area contributed by atoms with Crippen LogP contribution in [0.2, 0.25) is 0 Å². The van der Waals surface area contributed by atoms with Gasteiger partial charge in [-0.15, -0.1) is 0 Å². The fraction of sp³-hybridized carbons (Fsp3) is 0.231. The highest BCUT2D eigenvalue weighted by Gasteiger charge is 2.13. The van der Waals surface area contributed by atoms with Crippen LogP contribution in [-0.2, 0) is 14.3 Å². The quantitative estimate of drug-likeness (QED) is 0.360. The van der Waals surface area contributed by atoms with Crippen molar-refractivity contribution in [2.75, 3.05) is 6.61 Å². The average molecular weight is 285 g/mol. The molecule has 0 saturated carbocycles. The second-order valence-corrected chi connectivity index (χ2v) is 4.42. The van der Waals surface area contributed by atoms with E-state index in [4.69, 9.17) is 33.3 Å². The van der Waals surface area contributed by atoms with E-state index in [-0.39, 0.29) is 11.7 Å². The van der Waals surface area contributed by atoms with E-state index >= 15 is 0 Å². The maximum absolute atomic E-state index is 11.1. The van der Waals surface area contributed by atoms with E-state index in [1.165, 1.54) is 0 Å². The molecule has 1 aromatic rings. The summed E-state index contributed by atoms with van der Waals surface area (Å²) in [5.41, 5.74) is 0.245. The number of halogens is 1. The fourth-order valence-electron chi connectivity index (χ4n) is 1.06. The van der Waals surface area contributed by atoms with E-state index < -0.39 is 11.5 Å². The van der Waals surface area contributed by atoms with Crippen LogP contribution < -0.4 is 0 Å². The Labute approximate surface area is 116 Å². The van der Waals surface area contributed by atoms with Crippen molar-refractivity contribution in [2.24, 2.45) is 0 Å². The van der Waals surface area contributed by atoms with Gasteiger partial charge < -0.3 is 9.47 Å². The summed E-state index contributed by atoms with van der Waals surface area (Å²) in [6.45, 7) is 4.93. The Kier molecular flexibility index (Phi) is 5.82. The van der Waals surface area contributed by atoms with E-state index in [1.54, 1.807) is 6.92 Å². The summed E-state index contributed by atoms with van der Waals surface area (Å²) in [6.07, 6.45) is 0. The Morgan fingerprint density at radius 2 is 2.06 bits per heavy atom. The van der Waals surface area contributed by atoms with Crippen molar-refractivity contribution in [1.29, 1.82) is 0 Å². The number of rotatable bonds is 5. The van der Waals surface area contributed by atoms with E-state index in [2.05, 4.69) is 6.58 Å². The molecular weight excluding hydrogens is 272 g/mol. The number of ether oxygens (including phenoxy) is 2. The van der Waals surface area contributed by atoms with Crippen LogP contribution in [0.25, 0.3) is 0 Å². The van der Waals surface area contributed by atoms with Gasteiger partial charge in [-0.3, -0.25) is 0 Å². The highest BCUT2D eigenvalue weighted by atomic mass is 35.5. The molecule has 0 aliphatic heterocycles. The first-order chi connectivity index (χ1) is 8.50. The fourth-order valence-corrected chi connectivity index (χ4v) is 1.51. The van der Waals surface area contributed by atoms with Gasteiger partial charge in [0, 0.05) is 11.1 Å². The van der Waals surface area contributed by atoms with Crippen LogP contribution in [0.4, 0.5) is 0 Å². The van der Waals surface area contributed by atoms with Crippen molar-refractivity contribution in [2.45, 2.75) is 12.5 Å². The van der Waals surface area contributed by atoms with E-state index in [9.17, 15) is 4.79 Å². The third kappa shape index (κ3) is 4.85. The lowest BCUT2D eigenvalue weighted by molar-refractivity contribution is -0.140. The molecule has 0 aromatic heterocycles. The number of benzene rings is 1. The summed E-state index contributed by atoms with van der Waals surface area (Å²) in [6, 6.07) is 9.18. The third-order valence-electron chi connectivity index (χ3n) is 1.94. The highest BCUT2D eigenvalue weighted by Crippen LogP contribution is 2.09. The normalized spacial score (nSPS) is 11.4. The minimum atomic E-state index is -0.819. The molecule has 0 spiro atoms. The van der Waals surface area contributed by atoms with Crippen LogP contribution in [0.1, 0.15) is 12.5 Å². The summed E-state index contributed by atoms with van der Waals surface area (Å²) in [7, 11) is 0. The minimum Gasteiger partial charge on any atom is -0.460 e. The minimum absolute atomic E-state index is 0.0831. The van der Waals surface area contributed by atoms with Crippen LogP contribution in [0.15, 0.2) is 42.5 Å². The lowest BCUT2D eigenvalue weighted by Crippen LogP contribution is -2.20. The Morgan fingerprint density at radius 1 is 1.44 bits per heavy atom. The van der Waals surface area contributed by atoms with Crippen LogP contribution in [0.5, 0.6) is 0 Å². The van der Waals surface area contributed by atoms with Gasteiger partial charge in [0.2, 0.25) is 5.56 Å². The summed E-state index contributed by atoms with van der Waals surface area (Å²) in [5.74, 6) is -0.505. The number of carbonyl (C=O) groups is 1. The molecule has 96 valence electrons. The number of esters is 1. The van der Waals surface area contributed by atoms with E-state index in [0.717, 1.165) is 5.56 Å². The zero-order chi connectivity index (χ0) is 13.5. The lowest BCUT2D eigenvalue weighted by Gasteiger charge is -2.13. The molecule has 0 heterocycles. The molecule has 1 rings (SSSR count). The van der Waals surface area contributed by atoms with Crippen molar-refractivity contribution < 1.29 is 14.3 Å². The van der Waals surface area contributed by atoms with Gasteiger partial charge in [-0.05, 0) is 19.1 Å². The van der Waals surface area contributed by atoms with Crippen molar-refractivity contribution >= 4 is 34.8 Å². The monoisotopic (exact) mass is 284 g/mol. The van der Waals surface area contributed by atoms with Crippen LogP contribution in [0.3, 0.4) is 0 Å². The molecule has 0 radical (unpaired) electrons. The van der Waals surface area contributed by atoms with Gasteiger partial charge in [0.25, 0.3) is 0 Å². The Bertz CT molecular complexity index is 445. The van der Waals surface area contributed by atoms with Gasteiger partial charge in [0.1, 0.15) is 6.61 Å². The molecule has 3 nitrogen and oxygen atoms in total. The standard InChI is InChI=1S/C13H13ClO3S/c1-9(2)12(15)16-8-11(14)17-13(18)10-6-4-3-5-7-10/h3-7,11H,1,8H2,2H3. The van der Waals surface area contributed by atoms with Gasteiger partial charge in [-0.1, -0.05) is 48.5 Å². The smallest absolute Gasteiger partial charge is 0.333 e. The predicted octanol–water partition coefficient (Wildman–Crippen LogP) is 3.06. The van der Waals surface area contributed by atoms with E-state index in [0.29, 0.717) is 5.57 Å². The maximum atomic E-state index is 11.1. The second-order valence-electron chi connectivity index (χ2n) is 3.56. The number of hydrogen-bond acceptors (Lipinski definition) is 4. The number of thiocarbonyl (C=S) groups is 1. The first-order valence-corrected chi connectivity index (χ1v) is 6.08. The van der Waals surface area contributed by atoms with Gasteiger partial charge in [-0.25, -0.2) is 4.79 Å². The van der Waals surface area contributed by atoms with Gasteiger partial charge >= 0.3 is 5.97 Å². The Balaban J connectivity index is 2.41. The van der Waals surface area contributed by atoms with Crippen molar-refractivity contribution in [3.05, 3.63) is 48.0 Å². The largest absolute Gasteiger partial charge is 0.460 e. The zero-order valence-electron chi connectivity index (χ0n) is 9.89. The van der Waals surface area contributed by atoms with Crippen molar-refractivity contribution in [3.63, 3.8) is 0 Å². The average Bonchev–Trinajstić information content (AvgIpc) is 2.36. The predicted molar refractivity (Wildman–Crippen MR) is 74.6 cm³/mol. The molecule has 5 heteroatoms. The van der Waals surface area contributed by atoms with Crippen LogP contribution >= 0.6 is 23.8 Å². The van der Waals surface area contributed by atoms with Gasteiger partial charge in [0.15, 0.2) is 5.05 Å². The summed E-state index contributed by atoms with van der Waals surface area (Å²) < 4.78 is 10.1. The second kappa shape index (κ2) is 7.13. The molecule has 1 aromatic carbocycles. The molecule has 0 aliphatic carbocycles. The maximum Gasteiger partial charge on any atom is 0.333 e. The van der Waals surface area contributed by atoms with Crippen molar-refractivity contribution in [3.8, 4) is 0 Å². The van der Waals surface area contributed by atoms with Crippen molar-refractivity contribution in [1.82, 2.24) is 0 Å². The van der Waals surface area contributed by atoms with Crippen LogP contribution in [-0.4, -0.2) is 23.2 Å². The summed E-state index contributed by atoms with van der Waals surface area (Å²) in [4.78, 5) is 11.1. The zero-order valence-corrected chi connectivity index (χ0v) is 11.5. The van der Waals surface area contributed by atoms with Gasteiger partial charge in [-0.2, -0.15) is 0 Å². The number of hydrogen-bond donors (Lipinski definition) is 0. The van der Waals surface area contributed by atoms with E-state index in [1.807, 2.05) is 30.3 Å². The molecule has 0 bridgehead atoms. The third-order valence-corrected chi connectivity index (χ3v) is 2.49. The molecular formula is C13H13ClO3S. The number of carbonyl (C=O) groups excluding carboxylic acids is 1. The number of alkyl halides is 1. The summed E-state index contributed by atoms with van der Waals surface area (Å²) >= 11 is 10.9. The molecule has 0 fully saturated rings. The highest BCUT2D eigenvalue weighted by molar-refractivity contribution is 7.80. The van der Waals surface area contributed by atoms with Gasteiger partial charge in [0.05, 0.1) is 0 Å². The Morgan fingerprint density at radius 3 is 2.61 bits per heavy atom. The molecule has 0 N–H and O–H groups in total. The lowest BCUT2D eigenvalue weighted by atomic mass is 10.2. The molecule has 0 saturated heterocycles. The summed E-state index contributed by atoms with van der Waals surface area (Å²) in [5, 5.41) is 0.266. The molecule has 0 amide bonds. The molecule has 18 heavy (non-hydrogen) atoms. The first-order valence-electron chi connectivity index (χ1n) is 5.23. The topological polar surface area (TPSA) is 35.5 Å². The first kappa shape index (κ1) is 14.7. The molecule has 1 atom stereocenters. The Hall–Kier alpha value is -1.39.